The fourth-order valence-corrected chi connectivity index (χ4v) is 3.22. The quantitative estimate of drug-likeness (QED) is 0.851. The Hall–Kier alpha value is -2.83. The maximum atomic E-state index is 12.5. The first kappa shape index (κ1) is 18.0. The van der Waals surface area contributed by atoms with E-state index in [4.69, 9.17) is 4.74 Å². The molecule has 0 radical (unpaired) electrons. The second-order valence-electron chi connectivity index (χ2n) is 6.56. The van der Waals surface area contributed by atoms with Crippen LogP contribution in [0.2, 0.25) is 0 Å². The highest BCUT2D eigenvalue weighted by molar-refractivity contribution is 5.83. The number of piperidine rings is 1. The highest BCUT2D eigenvalue weighted by Gasteiger charge is 2.30. The van der Waals surface area contributed by atoms with Crippen molar-refractivity contribution in [3.8, 4) is 5.75 Å². The summed E-state index contributed by atoms with van der Waals surface area (Å²) in [5.41, 5.74) is 1.90. The first-order valence-corrected chi connectivity index (χ1v) is 8.71. The number of carbonyl (C=O) groups is 2. The molecule has 1 N–H and O–H groups in total. The molecule has 1 aliphatic rings. The van der Waals surface area contributed by atoms with Gasteiger partial charge in [-0.2, -0.15) is 5.10 Å². The number of amides is 2. The Kier molecular flexibility index (Phi) is 5.55. The summed E-state index contributed by atoms with van der Waals surface area (Å²) in [5.74, 6) is 0.612. The summed E-state index contributed by atoms with van der Waals surface area (Å²) in [5, 5.41) is 7.04. The normalized spacial score (nSPS) is 17.2. The zero-order chi connectivity index (χ0) is 18.5. The molecular weight excluding hydrogens is 332 g/mol. The highest BCUT2D eigenvalue weighted by Crippen LogP contribution is 2.24. The molecular formula is C19H24N4O3. The van der Waals surface area contributed by atoms with E-state index in [0.717, 1.165) is 16.9 Å². The van der Waals surface area contributed by atoms with Gasteiger partial charge in [0, 0.05) is 50.4 Å². The van der Waals surface area contributed by atoms with Crippen LogP contribution in [-0.4, -0.2) is 40.1 Å². The predicted octanol–water partition coefficient (Wildman–Crippen LogP) is 1.48. The zero-order valence-corrected chi connectivity index (χ0v) is 15.1. The van der Waals surface area contributed by atoms with E-state index in [1.807, 2.05) is 37.5 Å². The average molecular weight is 356 g/mol. The van der Waals surface area contributed by atoms with Gasteiger partial charge in [-0.15, -0.1) is 0 Å². The van der Waals surface area contributed by atoms with Crippen LogP contribution >= 0.6 is 0 Å². The second-order valence-corrected chi connectivity index (χ2v) is 6.56. The smallest absolute Gasteiger partial charge is 0.225 e. The molecule has 0 aliphatic carbocycles. The summed E-state index contributed by atoms with van der Waals surface area (Å²) in [6.07, 6.45) is 4.58. The number of likely N-dealkylation sites (tertiary alicyclic amines) is 1. The molecule has 0 saturated carbocycles. The van der Waals surface area contributed by atoms with E-state index in [9.17, 15) is 9.59 Å². The van der Waals surface area contributed by atoms with Crippen LogP contribution in [0.3, 0.4) is 0 Å². The minimum Gasteiger partial charge on any atom is -0.496 e. The Labute approximate surface area is 152 Å². The standard InChI is InChI=1S/C19H24N4O3/c1-22-11-14(10-21-22)9-20-19(25)16-7-8-18(24)23(13-16)12-15-5-3-4-6-17(15)26-2/h3-6,10-11,16H,7-9,12-13H2,1-2H3,(H,20,25)/t16-/m0/s1. The highest BCUT2D eigenvalue weighted by atomic mass is 16.5. The Morgan fingerprint density at radius 2 is 2.19 bits per heavy atom. The Bertz CT molecular complexity index is 787. The van der Waals surface area contributed by atoms with Crippen molar-refractivity contribution in [2.24, 2.45) is 13.0 Å². The lowest BCUT2D eigenvalue weighted by molar-refractivity contribution is -0.139. The van der Waals surface area contributed by atoms with Gasteiger partial charge >= 0.3 is 0 Å². The van der Waals surface area contributed by atoms with Crippen molar-refractivity contribution < 1.29 is 14.3 Å². The molecule has 1 atom stereocenters. The minimum absolute atomic E-state index is 0.0219. The van der Waals surface area contributed by atoms with Gasteiger partial charge in [-0.1, -0.05) is 18.2 Å². The molecule has 1 aromatic carbocycles. The van der Waals surface area contributed by atoms with Crippen molar-refractivity contribution in [3.63, 3.8) is 0 Å². The largest absolute Gasteiger partial charge is 0.496 e. The van der Waals surface area contributed by atoms with E-state index >= 15 is 0 Å². The second kappa shape index (κ2) is 8.03. The number of nitrogens with zero attached hydrogens (tertiary/aromatic N) is 3. The summed E-state index contributed by atoms with van der Waals surface area (Å²) >= 11 is 0. The summed E-state index contributed by atoms with van der Waals surface area (Å²) in [6.45, 7) is 1.33. The van der Waals surface area contributed by atoms with Crippen molar-refractivity contribution in [2.45, 2.75) is 25.9 Å². The summed E-state index contributed by atoms with van der Waals surface area (Å²) in [7, 11) is 3.46. The molecule has 0 unspecified atom stereocenters. The van der Waals surface area contributed by atoms with Crippen LogP contribution in [0.15, 0.2) is 36.7 Å². The van der Waals surface area contributed by atoms with Crippen LogP contribution in [0, 0.1) is 5.92 Å². The number of aromatic nitrogens is 2. The maximum Gasteiger partial charge on any atom is 0.225 e. The predicted molar refractivity (Wildman–Crippen MR) is 96.2 cm³/mol. The molecule has 138 valence electrons. The Balaban J connectivity index is 1.60. The van der Waals surface area contributed by atoms with E-state index < -0.39 is 0 Å². The third-order valence-electron chi connectivity index (χ3n) is 4.65. The lowest BCUT2D eigenvalue weighted by Crippen LogP contribution is -2.45. The van der Waals surface area contributed by atoms with Crippen molar-refractivity contribution in [3.05, 3.63) is 47.8 Å². The number of para-hydroxylation sites is 1. The van der Waals surface area contributed by atoms with Gasteiger partial charge in [0.25, 0.3) is 0 Å². The van der Waals surface area contributed by atoms with Gasteiger partial charge in [0.15, 0.2) is 0 Å². The van der Waals surface area contributed by atoms with E-state index in [2.05, 4.69) is 10.4 Å². The number of methoxy groups -OCH3 is 1. The molecule has 2 aromatic rings. The Morgan fingerprint density at radius 3 is 2.92 bits per heavy atom. The monoisotopic (exact) mass is 356 g/mol. The summed E-state index contributed by atoms with van der Waals surface area (Å²) in [6, 6.07) is 7.64. The number of benzene rings is 1. The number of hydrogen-bond donors (Lipinski definition) is 1. The van der Waals surface area contributed by atoms with Crippen LogP contribution < -0.4 is 10.1 Å². The topological polar surface area (TPSA) is 76.5 Å². The molecule has 1 aromatic heterocycles. The van der Waals surface area contributed by atoms with Crippen LogP contribution in [0.5, 0.6) is 5.75 Å². The van der Waals surface area contributed by atoms with Crippen molar-refractivity contribution in [1.82, 2.24) is 20.0 Å². The van der Waals surface area contributed by atoms with E-state index in [0.29, 0.717) is 32.5 Å². The van der Waals surface area contributed by atoms with Crippen molar-refractivity contribution >= 4 is 11.8 Å². The van der Waals surface area contributed by atoms with Crippen LogP contribution in [0.25, 0.3) is 0 Å². The molecule has 1 fully saturated rings. The van der Waals surface area contributed by atoms with Crippen LogP contribution in [0.1, 0.15) is 24.0 Å². The van der Waals surface area contributed by atoms with Crippen molar-refractivity contribution in [2.75, 3.05) is 13.7 Å². The number of carbonyl (C=O) groups excluding carboxylic acids is 2. The zero-order valence-electron chi connectivity index (χ0n) is 15.1. The molecule has 7 nitrogen and oxygen atoms in total. The van der Waals surface area contributed by atoms with Gasteiger partial charge in [0.2, 0.25) is 11.8 Å². The maximum absolute atomic E-state index is 12.5. The van der Waals surface area contributed by atoms with Crippen LogP contribution in [0.4, 0.5) is 0 Å². The van der Waals surface area contributed by atoms with E-state index in [-0.39, 0.29) is 17.7 Å². The fraction of sp³-hybridized carbons (Fsp3) is 0.421. The summed E-state index contributed by atoms with van der Waals surface area (Å²) in [4.78, 5) is 26.5. The van der Waals surface area contributed by atoms with Crippen molar-refractivity contribution in [1.29, 1.82) is 0 Å². The Morgan fingerprint density at radius 1 is 1.38 bits per heavy atom. The molecule has 7 heteroatoms. The summed E-state index contributed by atoms with van der Waals surface area (Å²) < 4.78 is 7.06. The first-order valence-electron chi connectivity index (χ1n) is 8.71. The van der Waals surface area contributed by atoms with E-state index in [1.165, 1.54) is 0 Å². The van der Waals surface area contributed by atoms with Crippen LogP contribution in [-0.2, 0) is 29.7 Å². The van der Waals surface area contributed by atoms with E-state index in [1.54, 1.807) is 22.9 Å². The number of hydrogen-bond acceptors (Lipinski definition) is 4. The number of nitrogens with one attached hydrogen (secondary N) is 1. The first-order chi connectivity index (χ1) is 12.6. The average Bonchev–Trinajstić information content (AvgIpc) is 3.07. The molecule has 2 heterocycles. The molecule has 2 amide bonds. The SMILES string of the molecule is COc1ccccc1CN1C[C@@H](C(=O)NCc2cnn(C)c2)CCC1=O. The fourth-order valence-electron chi connectivity index (χ4n) is 3.22. The molecule has 0 bridgehead atoms. The molecule has 1 saturated heterocycles. The van der Waals surface area contributed by atoms with Gasteiger partial charge in [0.1, 0.15) is 5.75 Å². The number of rotatable bonds is 6. The van der Waals surface area contributed by atoms with Gasteiger partial charge in [-0.05, 0) is 12.5 Å². The molecule has 26 heavy (non-hydrogen) atoms. The van der Waals surface area contributed by atoms with Gasteiger partial charge in [-0.3, -0.25) is 14.3 Å². The minimum atomic E-state index is -0.195. The third kappa shape index (κ3) is 4.22. The van der Waals surface area contributed by atoms with Gasteiger partial charge in [0.05, 0.1) is 19.2 Å². The van der Waals surface area contributed by atoms with Gasteiger partial charge < -0.3 is 15.0 Å². The van der Waals surface area contributed by atoms with Gasteiger partial charge in [-0.25, -0.2) is 0 Å². The lowest BCUT2D eigenvalue weighted by atomic mass is 9.96. The molecule has 3 rings (SSSR count). The number of aryl methyl sites for hydroxylation is 1. The lowest BCUT2D eigenvalue weighted by Gasteiger charge is -2.32. The molecule has 0 spiro atoms. The third-order valence-corrected chi connectivity index (χ3v) is 4.65. The number of ether oxygens (including phenoxy) is 1. The molecule has 1 aliphatic heterocycles.